The fourth-order valence-electron chi connectivity index (χ4n) is 3.34. The molecule has 3 N–H and O–H groups in total. The molecule has 3 heterocycles. The molecule has 1 aliphatic rings. The Morgan fingerprint density at radius 2 is 2.11 bits per heavy atom. The van der Waals surface area contributed by atoms with Gasteiger partial charge in [0.1, 0.15) is 0 Å². The van der Waals surface area contributed by atoms with E-state index in [-0.39, 0.29) is 24.4 Å². The first-order valence-electron chi connectivity index (χ1n) is 8.77. The number of benzene rings is 1. The second-order valence-corrected chi connectivity index (χ2v) is 6.53. The van der Waals surface area contributed by atoms with Crippen LogP contribution >= 0.6 is 12.4 Å². The number of pyridine rings is 1. The topological polar surface area (TPSA) is 82.7 Å². The standard InChI is InChI=1S/C20H21N5O.ClH/c1-13-5-4-6-14(11-13)18(17-7-2-3-9-22-17)23-20(26)19-15-12-21-10-8-16(15)24-25-19;/h2-7,9,11,18,21H,8,10,12H2,1H3,(H,23,26)(H,24,25);1H. The van der Waals surface area contributed by atoms with Crippen molar-refractivity contribution in [2.24, 2.45) is 0 Å². The molecule has 1 atom stereocenters. The molecule has 1 aromatic carbocycles. The molecule has 2 aromatic heterocycles. The van der Waals surface area contributed by atoms with Crippen LogP contribution in [-0.2, 0) is 13.0 Å². The highest BCUT2D eigenvalue weighted by molar-refractivity contribution is 5.94. The first-order chi connectivity index (χ1) is 12.7. The number of amides is 1. The predicted octanol–water partition coefficient (Wildman–Crippen LogP) is 2.70. The zero-order chi connectivity index (χ0) is 17.9. The van der Waals surface area contributed by atoms with Crippen molar-refractivity contribution in [3.05, 3.63) is 82.4 Å². The van der Waals surface area contributed by atoms with Gasteiger partial charge in [-0.2, -0.15) is 5.10 Å². The summed E-state index contributed by atoms with van der Waals surface area (Å²) in [4.78, 5) is 17.4. The molecule has 3 aromatic rings. The van der Waals surface area contributed by atoms with Gasteiger partial charge in [0.25, 0.3) is 5.91 Å². The van der Waals surface area contributed by atoms with E-state index in [4.69, 9.17) is 0 Å². The Hall–Kier alpha value is -2.70. The molecule has 0 aliphatic carbocycles. The lowest BCUT2D eigenvalue weighted by Gasteiger charge is -2.19. The first-order valence-corrected chi connectivity index (χ1v) is 8.77. The van der Waals surface area contributed by atoms with Crippen molar-refractivity contribution in [3.63, 3.8) is 0 Å². The number of rotatable bonds is 4. The first kappa shape index (κ1) is 19.1. The Morgan fingerprint density at radius 1 is 1.22 bits per heavy atom. The summed E-state index contributed by atoms with van der Waals surface area (Å²) in [7, 11) is 0. The van der Waals surface area contributed by atoms with Gasteiger partial charge in [0.05, 0.1) is 11.7 Å². The number of hydrogen-bond donors (Lipinski definition) is 3. The Morgan fingerprint density at radius 3 is 2.89 bits per heavy atom. The number of fused-ring (bicyclic) bond motifs is 1. The fraction of sp³-hybridized carbons (Fsp3) is 0.250. The van der Waals surface area contributed by atoms with Crippen LogP contribution in [0.15, 0.2) is 48.7 Å². The number of carbonyl (C=O) groups excluding carboxylic acids is 1. The Balaban J connectivity index is 0.00000210. The SMILES string of the molecule is Cc1cccc(C(NC(=O)c2n[nH]c3c2CNCC3)c2ccccn2)c1.Cl. The summed E-state index contributed by atoms with van der Waals surface area (Å²) in [6.45, 7) is 3.60. The molecule has 0 saturated carbocycles. The summed E-state index contributed by atoms with van der Waals surface area (Å²) in [6.07, 6.45) is 2.60. The van der Waals surface area contributed by atoms with Gasteiger partial charge in [-0.1, -0.05) is 35.9 Å². The maximum absolute atomic E-state index is 13.0. The average molecular weight is 384 g/mol. The molecular weight excluding hydrogens is 362 g/mol. The van der Waals surface area contributed by atoms with Crippen molar-refractivity contribution in [1.82, 2.24) is 25.8 Å². The molecule has 140 valence electrons. The van der Waals surface area contributed by atoms with Crippen LogP contribution in [-0.4, -0.2) is 27.6 Å². The molecule has 1 unspecified atom stereocenters. The van der Waals surface area contributed by atoms with Crippen LogP contribution in [0.2, 0.25) is 0 Å². The van der Waals surface area contributed by atoms with Gasteiger partial charge in [-0.15, -0.1) is 12.4 Å². The summed E-state index contributed by atoms with van der Waals surface area (Å²) < 4.78 is 0. The van der Waals surface area contributed by atoms with Crippen molar-refractivity contribution in [3.8, 4) is 0 Å². The lowest BCUT2D eigenvalue weighted by molar-refractivity contribution is 0.0936. The molecule has 27 heavy (non-hydrogen) atoms. The third-order valence-corrected chi connectivity index (χ3v) is 4.66. The van der Waals surface area contributed by atoms with E-state index in [1.807, 2.05) is 43.3 Å². The van der Waals surface area contributed by atoms with Crippen LogP contribution < -0.4 is 10.6 Å². The van der Waals surface area contributed by atoms with E-state index in [2.05, 4.69) is 31.9 Å². The fourth-order valence-corrected chi connectivity index (χ4v) is 3.34. The number of aromatic nitrogens is 3. The molecule has 0 spiro atoms. The second-order valence-electron chi connectivity index (χ2n) is 6.53. The number of nitrogens with one attached hydrogen (secondary N) is 3. The quantitative estimate of drug-likeness (QED) is 0.647. The predicted molar refractivity (Wildman–Crippen MR) is 106 cm³/mol. The molecule has 6 nitrogen and oxygen atoms in total. The number of aromatic amines is 1. The van der Waals surface area contributed by atoms with Gasteiger partial charge in [-0.25, -0.2) is 0 Å². The zero-order valence-electron chi connectivity index (χ0n) is 15.0. The minimum Gasteiger partial charge on any atom is -0.338 e. The van der Waals surface area contributed by atoms with Gasteiger partial charge in [0.2, 0.25) is 0 Å². The third kappa shape index (κ3) is 4.02. The van der Waals surface area contributed by atoms with E-state index in [0.717, 1.165) is 41.0 Å². The van der Waals surface area contributed by atoms with E-state index in [9.17, 15) is 4.79 Å². The minimum atomic E-state index is -0.326. The molecule has 1 amide bonds. The third-order valence-electron chi connectivity index (χ3n) is 4.66. The largest absolute Gasteiger partial charge is 0.338 e. The van der Waals surface area contributed by atoms with Crippen molar-refractivity contribution >= 4 is 18.3 Å². The maximum atomic E-state index is 13.0. The molecule has 0 bridgehead atoms. The summed E-state index contributed by atoms with van der Waals surface area (Å²) in [5.41, 5.74) is 5.39. The van der Waals surface area contributed by atoms with Gasteiger partial charge < -0.3 is 10.6 Å². The van der Waals surface area contributed by atoms with Crippen molar-refractivity contribution in [1.29, 1.82) is 0 Å². The Kier molecular flexibility index (Phi) is 5.88. The highest BCUT2D eigenvalue weighted by atomic mass is 35.5. The number of H-pyrrole nitrogens is 1. The molecule has 0 saturated heterocycles. The maximum Gasteiger partial charge on any atom is 0.272 e. The molecule has 7 heteroatoms. The van der Waals surface area contributed by atoms with Gasteiger partial charge in [0, 0.05) is 37.0 Å². The molecule has 4 rings (SSSR count). The number of nitrogens with zero attached hydrogens (tertiary/aromatic N) is 2. The van der Waals surface area contributed by atoms with Gasteiger partial charge in [-0.3, -0.25) is 14.9 Å². The smallest absolute Gasteiger partial charge is 0.272 e. The number of halogens is 1. The molecule has 0 radical (unpaired) electrons. The Labute approximate surface area is 164 Å². The Bertz CT molecular complexity index is 925. The van der Waals surface area contributed by atoms with Crippen LogP contribution in [0.5, 0.6) is 0 Å². The van der Waals surface area contributed by atoms with E-state index < -0.39 is 0 Å². The summed E-state index contributed by atoms with van der Waals surface area (Å²) in [5, 5.41) is 13.7. The van der Waals surface area contributed by atoms with Crippen molar-refractivity contribution < 1.29 is 4.79 Å². The normalized spacial score (nSPS) is 14.0. The van der Waals surface area contributed by atoms with E-state index in [1.165, 1.54) is 0 Å². The van der Waals surface area contributed by atoms with Gasteiger partial charge in [-0.05, 0) is 24.6 Å². The average Bonchev–Trinajstić information content (AvgIpc) is 3.11. The van der Waals surface area contributed by atoms with Crippen LogP contribution in [0.25, 0.3) is 0 Å². The van der Waals surface area contributed by atoms with E-state index in [0.29, 0.717) is 12.2 Å². The summed E-state index contributed by atoms with van der Waals surface area (Å²) >= 11 is 0. The van der Waals surface area contributed by atoms with E-state index >= 15 is 0 Å². The van der Waals surface area contributed by atoms with Crippen molar-refractivity contribution in [2.75, 3.05) is 6.54 Å². The molecule has 0 fully saturated rings. The number of aryl methyl sites for hydroxylation is 1. The summed E-state index contributed by atoms with van der Waals surface area (Å²) in [6, 6.07) is 13.5. The van der Waals surface area contributed by atoms with Gasteiger partial charge in [0.15, 0.2) is 5.69 Å². The monoisotopic (exact) mass is 383 g/mol. The summed E-state index contributed by atoms with van der Waals surface area (Å²) in [5.74, 6) is -0.191. The second kappa shape index (κ2) is 8.33. The number of hydrogen-bond acceptors (Lipinski definition) is 4. The lowest BCUT2D eigenvalue weighted by atomic mass is 10.00. The van der Waals surface area contributed by atoms with Crippen LogP contribution in [0.4, 0.5) is 0 Å². The number of carbonyl (C=O) groups is 1. The highest BCUT2D eigenvalue weighted by Gasteiger charge is 2.25. The molecular formula is C20H22ClN5O. The minimum absolute atomic E-state index is 0. The zero-order valence-corrected chi connectivity index (χ0v) is 15.8. The lowest BCUT2D eigenvalue weighted by Crippen LogP contribution is -2.32. The van der Waals surface area contributed by atoms with Crippen LogP contribution in [0, 0.1) is 6.92 Å². The van der Waals surface area contributed by atoms with Crippen LogP contribution in [0.1, 0.15) is 44.6 Å². The van der Waals surface area contributed by atoms with Crippen molar-refractivity contribution in [2.45, 2.75) is 25.9 Å². The highest BCUT2D eigenvalue weighted by Crippen LogP contribution is 2.23. The van der Waals surface area contributed by atoms with Gasteiger partial charge >= 0.3 is 0 Å². The molecule has 1 aliphatic heterocycles. The van der Waals surface area contributed by atoms with Crippen LogP contribution in [0.3, 0.4) is 0 Å². The van der Waals surface area contributed by atoms with E-state index in [1.54, 1.807) is 6.20 Å².